The molecule has 0 aliphatic heterocycles. The van der Waals surface area contributed by atoms with Crippen molar-refractivity contribution in [3.8, 4) is 0 Å². The van der Waals surface area contributed by atoms with Crippen LogP contribution in [0.15, 0.2) is 24.3 Å². The van der Waals surface area contributed by atoms with E-state index in [1.54, 1.807) is 0 Å². The van der Waals surface area contributed by atoms with Crippen molar-refractivity contribution in [1.29, 1.82) is 0 Å². The first kappa shape index (κ1) is 14.4. The third kappa shape index (κ3) is 4.22. The quantitative estimate of drug-likeness (QED) is 0.870. The van der Waals surface area contributed by atoms with Gasteiger partial charge in [-0.2, -0.15) is 0 Å². The van der Waals surface area contributed by atoms with E-state index < -0.39 is 0 Å². The van der Waals surface area contributed by atoms with Crippen LogP contribution in [-0.4, -0.2) is 18.5 Å². The highest BCUT2D eigenvalue weighted by Gasteiger charge is 2.16. The van der Waals surface area contributed by atoms with Gasteiger partial charge in [-0.15, -0.1) is 0 Å². The van der Waals surface area contributed by atoms with E-state index in [1.807, 2.05) is 31.2 Å². The van der Waals surface area contributed by atoms with E-state index in [1.165, 1.54) is 25.7 Å². The summed E-state index contributed by atoms with van der Waals surface area (Å²) in [5.41, 5.74) is 0.957. The third-order valence-electron chi connectivity index (χ3n) is 3.66. The number of carbonyl (C=O) groups is 1. The smallest absolute Gasteiger partial charge is 0.234 e. The second-order valence-corrected chi connectivity index (χ2v) is 5.58. The summed E-state index contributed by atoms with van der Waals surface area (Å²) in [5.74, 6) is 0.0271. The van der Waals surface area contributed by atoms with Gasteiger partial charge in [0, 0.05) is 11.1 Å². The van der Waals surface area contributed by atoms with Crippen LogP contribution in [0.4, 0.5) is 0 Å². The van der Waals surface area contributed by atoms with Gasteiger partial charge >= 0.3 is 0 Å². The minimum Gasteiger partial charge on any atom is -0.348 e. The fourth-order valence-corrected chi connectivity index (χ4v) is 2.86. The van der Waals surface area contributed by atoms with Crippen LogP contribution in [0.5, 0.6) is 0 Å². The second-order valence-electron chi connectivity index (χ2n) is 5.17. The van der Waals surface area contributed by atoms with Crippen molar-refractivity contribution < 1.29 is 4.79 Å². The molecule has 3 nitrogen and oxygen atoms in total. The highest BCUT2D eigenvalue weighted by Crippen LogP contribution is 2.22. The summed E-state index contributed by atoms with van der Waals surface area (Å²) in [5, 5.41) is 6.98. The van der Waals surface area contributed by atoms with E-state index >= 15 is 0 Å². The van der Waals surface area contributed by atoms with Crippen LogP contribution in [0.25, 0.3) is 0 Å². The highest BCUT2D eigenvalue weighted by molar-refractivity contribution is 6.31. The minimum atomic E-state index is -0.0634. The number of amides is 1. The number of rotatable bonds is 5. The molecule has 1 amide bonds. The standard InChI is InChI=1S/C15H21ClN2O/c1-11(13-8-4-5-9-14(13)16)18-15(19)10-17-12-6-2-3-7-12/h4-5,8-9,11-12,17H,2-3,6-7,10H2,1H3,(H,18,19)/t11-/m1/s1. The zero-order valence-electron chi connectivity index (χ0n) is 11.3. The first-order valence-corrected chi connectivity index (χ1v) is 7.32. The van der Waals surface area contributed by atoms with Gasteiger partial charge in [-0.1, -0.05) is 42.6 Å². The maximum absolute atomic E-state index is 11.9. The van der Waals surface area contributed by atoms with Crippen LogP contribution >= 0.6 is 11.6 Å². The van der Waals surface area contributed by atoms with Crippen molar-refractivity contribution in [1.82, 2.24) is 10.6 Å². The van der Waals surface area contributed by atoms with Crippen molar-refractivity contribution in [3.05, 3.63) is 34.9 Å². The molecule has 2 N–H and O–H groups in total. The van der Waals surface area contributed by atoms with Gasteiger partial charge in [0.15, 0.2) is 0 Å². The second kappa shape index (κ2) is 6.92. The Morgan fingerprint density at radius 3 is 2.74 bits per heavy atom. The molecule has 104 valence electrons. The van der Waals surface area contributed by atoms with Crippen molar-refractivity contribution in [2.45, 2.75) is 44.7 Å². The Labute approximate surface area is 119 Å². The van der Waals surface area contributed by atoms with Gasteiger partial charge in [0.2, 0.25) is 5.91 Å². The third-order valence-corrected chi connectivity index (χ3v) is 4.00. The average molecular weight is 281 g/mol. The zero-order valence-corrected chi connectivity index (χ0v) is 12.0. The predicted octanol–water partition coefficient (Wildman–Crippen LogP) is 3.05. The monoisotopic (exact) mass is 280 g/mol. The van der Waals surface area contributed by atoms with Gasteiger partial charge < -0.3 is 10.6 Å². The van der Waals surface area contributed by atoms with Gasteiger partial charge in [0.25, 0.3) is 0 Å². The molecule has 1 fully saturated rings. The lowest BCUT2D eigenvalue weighted by Gasteiger charge is -2.17. The molecule has 1 aromatic rings. The molecule has 0 saturated heterocycles. The topological polar surface area (TPSA) is 41.1 Å². The maximum atomic E-state index is 11.9. The largest absolute Gasteiger partial charge is 0.348 e. The van der Waals surface area contributed by atoms with Crippen molar-refractivity contribution in [3.63, 3.8) is 0 Å². The lowest BCUT2D eigenvalue weighted by atomic mass is 10.1. The molecule has 1 atom stereocenters. The molecular formula is C15H21ClN2O. The maximum Gasteiger partial charge on any atom is 0.234 e. The molecule has 0 unspecified atom stereocenters. The molecular weight excluding hydrogens is 260 g/mol. The van der Waals surface area contributed by atoms with Gasteiger partial charge in [0.1, 0.15) is 0 Å². The summed E-state index contributed by atoms with van der Waals surface area (Å²) in [4.78, 5) is 11.9. The highest BCUT2D eigenvalue weighted by atomic mass is 35.5. The molecule has 4 heteroatoms. The molecule has 19 heavy (non-hydrogen) atoms. The molecule has 1 saturated carbocycles. The van der Waals surface area contributed by atoms with Gasteiger partial charge in [-0.3, -0.25) is 4.79 Å². The fourth-order valence-electron chi connectivity index (χ4n) is 2.56. The van der Waals surface area contributed by atoms with E-state index in [4.69, 9.17) is 11.6 Å². The Hall–Kier alpha value is -1.06. The molecule has 0 spiro atoms. The van der Waals surface area contributed by atoms with Crippen molar-refractivity contribution >= 4 is 17.5 Å². The van der Waals surface area contributed by atoms with Gasteiger partial charge in [-0.25, -0.2) is 0 Å². The normalized spacial score (nSPS) is 17.4. The Kier molecular flexibility index (Phi) is 5.23. The molecule has 2 rings (SSSR count). The minimum absolute atomic E-state index is 0.0271. The molecule has 0 aromatic heterocycles. The van der Waals surface area contributed by atoms with Crippen LogP contribution in [0.3, 0.4) is 0 Å². The summed E-state index contributed by atoms with van der Waals surface area (Å²) in [6, 6.07) is 8.06. The molecule has 0 bridgehead atoms. The number of hydrogen-bond acceptors (Lipinski definition) is 2. The molecule has 1 aliphatic carbocycles. The molecule has 0 heterocycles. The Balaban J connectivity index is 1.79. The number of benzene rings is 1. The fraction of sp³-hybridized carbons (Fsp3) is 0.533. The zero-order chi connectivity index (χ0) is 13.7. The summed E-state index contributed by atoms with van der Waals surface area (Å²) in [6.45, 7) is 2.34. The van der Waals surface area contributed by atoms with E-state index in [0.29, 0.717) is 17.6 Å². The summed E-state index contributed by atoms with van der Waals surface area (Å²) in [6.07, 6.45) is 4.92. The Morgan fingerprint density at radius 2 is 2.05 bits per heavy atom. The SMILES string of the molecule is C[C@@H](NC(=O)CNC1CCCC1)c1ccccc1Cl. The van der Waals surface area contributed by atoms with Gasteiger partial charge in [-0.05, 0) is 31.4 Å². The lowest BCUT2D eigenvalue weighted by molar-refractivity contribution is -0.121. The van der Waals surface area contributed by atoms with Crippen molar-refractivity contribution in [2.75, 3.05) is 6.54 Å². The number of hydrogen-bond donors (Lipinski definition) is 2. The molecule has 1 aliphatic rings. The number of nitrogens with one attached hydrogen (secondary N) is 2. The van der Waals surface area contributed by atoms with E-state index in [2.05, 4.69) is 10.6 Å². The van der Waals surface area contributed by atoms with Crippen LogP contribution < -0.4 is 10.6 Å². The number of carbonyl (C=O) groups excluding carboxylic acids is 1. The van der Waals surface area contributed by atoms with Crippen LogP contribution in [0, 0.1) is 0 Å². The number of halogens is 1. The summed E-state index contributed by atoms with van der Waals surface area (Å²) < 4.78 is 0. The summed E-state index contributed by atoms with van der Waals surface area (Å²) in [7, 11) is 0. The predicted molar refractivity (Wildman–Crippen MR) is 78.3 cm³/mol. The molecule has 1 aromatic carbocycles. The lowest BCUT2D eigenvalue weighted by Crippen LogP contribution is -2.39. The van der Waals surface area contributed by atoms with Crippen LogP contribution in [0.2, 0.25) is 5.02 Å². The Morgan fingerprint density at radius 1 is 1.37 bits per heavy atom. The summed E-state index contributed by atoms with van der Waals surface area (Å²) >= 11 is 6.12. The van der Waals surface area contributed by atoms with Crippen LogP contribution in [-0.2, 0) is 4.79 Å². The van der Waals surface area contributed by atoms with Crippen molar-refractivity contribution in [2.24, 2.45) is 0 Å². The first-order valence-electron chi connectivity index (χ1n) is 6.94. The molecule has 0 radical (unpaired) electrons. The Bertz CT molecular complexity index is 430. The van der Waals surface area contributed by atoms with Gasteiger partial charge in [0.05, 0.1) is 12.6 Å². The first-order chi connectivity index (χ1) is 9.16. The average Bonchev–Trinajstić information content (AvgIpc) is 2.90. The van der Waals surface area contributed by atoms with E-state index in [0.717, 1.165) is 5.56 Å². The van der Waals surface area contributed by atoms with E-state index in [-0.39, 0.29) is 11.9 Å². The van der Waals surface area contributed by atoms with Crippen LogP contribution in [0.1, 0.15) is 44.2 Å². The van der Waals surface area contributed by atoms with E-state index in [9.17, 15) is 4.79 Å².